The van der Waals surface area contributed by atoms with Crippen molar-refractivity contribution in [2.24, 2.45) is 11.7 Å². The van der Waals surface area contributed by atoms with Crippen molar-refractivity contribution in [1.82, 2.24) is 24.1 Å². The van der Waals surface area contributed by atoms with Gasteiger partial charge in [-0.3, -0.25) is 4.40 Å². The summed E-state index contributed by atoms with van der Waals surface area (Å²) in [5.41, 5.74) is 1.99. The highest BCUT2D eigenvalue weighted by Gasteiger charge is 2.34. The average molecular weight is 640 g/mol. The molecule has 1 fully saturated rings. The monoisotopic (exact) mass is 639 g/mol. The Morgan fingerprint density at radius 2 is 2.05 bits per heavy atom. The number of piperidine rings is 1. The summed E-state index contributed by atoms with van der Waals surface area (Å²) in [4.78, 5) is 17.9. The van der Waals surface area contributed by atoms with Crippen molar-refractivity contribution in [3.63, 3.8) is 0 Å². The zero-order valence-corrected chi connectivity index (χ0v) is 25.3. The van der Waals surface area contributed by atoms with Gasteiger partial charge in [0.1, 0.15) is 16.3 Å². The van der Waals surface area contributed by atoms with Gasteiger partial charge in [0.25, 0.3) is 0 Å². The molecule has 3 aromatic rings. The highest BCUT2D eigenvalue weighted by molar-refractivity contribution is 8.00. The van der Waals surface area contributed by atoms with E-state index in [1.165, 1.54) is 22.4 Å². The Morgan fingerprint density at radius 3 is 2.75 bits per heavy atom. The summed E-state index contributed by atoms with van der Waals surface area (Å²) in [6.07, 6.45) is 4.40. The van der Waals surface area contributed by atoms with Crippen LogP contribution in [-0.2, 0) is 16.0 Å². The number of anilines is 1. The first-order valence-electron chi connectivity index (χ1n) is 14.0. The summed E-state index contributed by atoms with van der Waals surface area (Å²) in [5, 5.41) is 16.7. The number of ether oxygens (including phenoxy) is 3. The van der Waals surface area contributed by atoms with Gasteiger partial charge in [-0.25, -0.2) is 14.5 Å². The third-order valence-corrected chi connectivity index (χ3v) is 7.89. The third kappa shape index (κ3) is 8.79. The number of hydrogen-bond acceptors (Lipinski definition) is 10. The van der Waals surface area contributed by atoms with Crippen LogP contribution in [0.5, 0.6) is 5.88 Å². The lowest BCUT2D eigenvalue weighted by Gasteiger charge is -2.37. The van der Waals surface area contributed by atoms with Crippen LogP contribution < -0.4 is 15.8 Å². The maximum absolute atomic E-state index is 13.4. The van der Waals surface area contributed by atoms with Crippen molar-refractivity contribution >= 4 is 29.1 Å². The fourth-order valence-corrected chi connectivity index (χ4v) is 5.74. The molecule has 0 aromatic carbocycles. The lowest BCUT2D eigenvalue weighted by molar-refractivity contribution is -0.0330. The Labute approximate surface area is 257 Å². The molecule has 1 aliphatic heterocycles. The van der Waals surface area contributed by atoms with E-state index < -0.39 is 11.5 Å². The van der Waals surface area contributed by atoms with E-state index in [0.717, 1.165) is 25.9 Å². The van der Waals surface area contributed by atoms with E-state index in [1.54, 1.807) is 12.3 Å². The Bertz CT molecular complexity index is 1470. The first kappa shape index (κ1) is 33.4. The molecular formula is C28H36F3N7O5S. The molecule has 12 nitrogen and oxygen atoms in total. The van der Waals surface area contributed by atoms with Gasteiger partial charge in [0.2, 0.25) is 5.88 Å². The van der Waals surface area contributed by atoms with Crippen LogP contribution in [0.2, 0.25) is 0 Å². The summed E-state index contributed by atoms with van der Waals surface area (Å²) in [6.45, 7) is 3.61. The fourth-order valence-electron chi connectivity index (χ4n) is 5.08. The molecule has 1 aliphatic rings. The van der Waals surface area contributed by atoms with Crippen LogP contribution in [0.3, 0.4) is 0 Å². The molecular weight excluding hydrogens is 603 g/mol. The van der Waals surface area contributed by atoms with Crippen LogP contribution in [0.25, 0.3) is 5.65 Å². The minimum absolute atomic E-state index is 0.00905. The van der Waals surface area contributed by atoms with Gasteiger partial charge in [0.15, 0.2) is 5.65 Å². The van der Waals surface area contributed by atoms with Gasteiger partial charge in [-0.1, -0.05) is 5.92 Å². The number of carboxylic acid groups (broad SMARTS) is 1. The van der Waals surface area contributed by atoms with Crippen LogP contribution in [0, 0.1) is 17.8 Å². The van der Waals surface area contributed by atoms with Gasteiger partial charge in [-0.15, -0.1) is 0 Å². The topological polar surface area (TPSA) is 141 Å². The maximum Gasteiger partial charge on any atom is 0.447 e. The Balaban J connectivity index is 1.31. The molecule has 44 heavy (non-hydrogen) atoms. The molecule has 0 aliphatic carbocycles. The Morgan fingerprint density at radius 1 is 1.27 bits per heavy atom. The van der Waals surface area contributed by atoms with E-state index in [9.17, 15) is 23.1 Å². The van der Waals surface area contributed by atoms with Gasteiger partial charge < -0.3 is 35.3 Å². The number of thioether (sulfide) groups is 1. The van der Waals surface area contributed by atoms with E-state index >= 15 is 0 Å². The number of imidazole rings is 1. The molecule has 0 amide bonds. The number of aromatic carboxylic acids is 1. The molecule has 4 rings (SSSR count). The molecule has 0 bridgehead atoms. The van der Waals surface area contributed by atoms with Crippen LogP contribution in [0.4, 0.5) is 18.9 Å². The molecule has 16 heteroatoms. The summed E-state index contributed by atoms with van der Waals surface area (Å²) in [7, 11) is 3.45. The number of carbonyl (C=O) groups is 1. The quantitative estimate of drug-likeness (QED) is 0.136. The van der Waals surface area contributed by atoms with Crippen LogP contribution in [0.1, 0.15) is 28.9 Å². The SMILES string of the molecule is COc1c(C(=O)O)cnn1CCOCCOCC[C@H]1CN(C)CC[C@@H]1Nc1cccn2c(SC(F)(F)F)c(C#CCN)nc12. The van der Waals surface area contributed by atoms with E-state index in [1.807, 2.05) is 6.07 Å². The number of nitrogens with zero attached hydrogens (tertiary/aromatic N) is 5. The zero-order chi connectivity index (χ0) is 31.7. The minimum atomic E-state index is -4.50. The van der Waals surface area contributed by atoms with E-state index in [-0.39, 0.29) is 52.4 Å². The Hall–Kier alpha value is -3.49. The molecule has 0 radical (unpaired) electrons. The minimum Gasteiger partial charge on any atom is -0.481 e. The maximum atomic E-state index is 13.4. The van der Waals surface area contributed by atoms with E-state index in [2.05, 4.69) is 39.2 Å². The molecule has 0 unspecified atom stereocenters. The first-order chi connectivity index (χ1) is 21.1. The molecule has 240 valence electrons. The summed E-state index contributed by atoms with van der Waals surface area (Å²) in [5.74, 6) is 4.57. The normalized spacial score (nSPS) is 17.4. The third-order valence-electron chi connectivity index (χ3n) is 7.07. The Kier molecular flexibility index (Phi) is 11.8. The average Bonchev–Trinajstić information content (AvgIpc) is 3.55. The van der Waals surface area contributed by atoms with Crippen molar-refractivity contribution in [3.8, 4) is 17.7 Å². The number of aromatic nitrogens is 4. The van der Waals surface area contributed by atoms with Gasteiger partial charge in [-0.2, -0.15) is 18.3 Å². The van der Waals surface area contributed by atoms with Gasteiger partial charge in [-0.05, 0) is 50.4 Å². The second kappa shape index (κ2) is 15.5. The van der Waals surface area contributed by atoms with Gasteiger partial charge in [0.05, 0.1) is 51.9 Å². The number of hydrogen-bond donors (Lipinski definition) is 3. The summed E-state index contributed by atoms with van der Waals surface area (Å²) < 4.78 is 59.5. The second-order valence-corrected chi connectivity index (χ2v) is 11.2. The molecule has 0 spiro atoms. The standard InChI is InChI=1S/C28H36F3N7O5S/c1-36-11-7-21(34-22-6-4-10-37-24(22)35-23(5-3-9-32)26(37)44-28(29,30)31)19(18-36)8-13-42-15-16-43-14-12-38-25(41-2)20(17-33-38)27(39)40/h4,6,10,17,19,21,34H,7-9,11-16,18,32H2,1-2H3,(H,39,40)/t19-,21-/m0/s1. The highest BCUT2D eigenvalue weighted by Crippen LogP contribution is 2.39. The van der Waals surface area contributed by atoms with Gasteiger partial charge >= 0.3 is 11.5 Å². The number of nitrogens with two attached hydrogens (primary N) is 1. The van der Waals surface area contributed by atoms with Crippen LogP contribution >= 0.6 is 11.8 Å². The van der Waals surface area contributed by atoms with Crippen molar-refractivity contribution in [2.45, 2.75) is 36.0 Å². The predicted molar refractivity (Wildman–Crippen MR) is 158 cm³/mol. The highest BCUT2D eigenvalue weighted by atomic mass is 32.2. The van der Waals surface area contributed by atoms with Crippen molar-refractivity contribution in [1.29, 1.82) is 0 Å². The van der Waals surface area contributed by atoms with E-state index in [4.69, 9.17) is 19.9 Å². The molecule has 1 saturated heterocycles. The van der Waals surface area contributed by atoms with Crippen molar-refractivity contribution in [3.05, 3.63) is 35.8 Å². The van der Waals surface area contributed by atoms with Crippen LogP contribution in [0.15, 0.2) is 29.6 Å². The number of rotatable bonds is 14. The number of carboxylic acids is 1. The van der Waals surface area contributed by atoms with Crippen molar-refractivity contribution in [2.75, 3.05) is 65.5 Å². The summed E-state index contributed by atoms with van der Waals surface area (Å²) in [6, 6.07) is 3.57. The number of nitrogens with one attached hydrogen (secondary N) is 1. The lowest BCUT2D eigenvalue weighted by Crippen LogP contribution is -2.45. The number of pyridine rings is 1. The molecule has 4 N–H and O–H groups in total. The predicted octanol–water partition coefficient (Wildman–Crippen LogP) is 3.02. The number of methoxy groups -OCH3 is 1. The van der Waals surface area contributed by atoms with Crippen LogP contribution in [-0.4, -0.2) is 107 Å². The molecule has 4 heterocycles. The largest absolute Gasteiger partial charge is 0.481 e. The number of fused-ring (bicyclic) bond motifs is 1. The zero-order valence-electron chi connectivity index (χ0n) is 24.5. The van der Waals surface area contributed by atoms with Crippen molar-refractivity contribution < 1.29 is 37.3 Å². The smallest absolute Gasteiger partial charge is 0.447 e. The molecule has 3 aromatic heterocycles. The molecule has 0 saturated carbocycles. The fraction of sp³-hybridized carbons (Fsp3) is 0.536. The number of alkyl halides is 3. The molecule has 2 atom stereocenters. The number of halogens is 3. The summed E-state index contributed by atoms with van der Waals surface area (Å²) >= 11 is -0.243. The lowest BCUT2D eigenvalue weighted by atomic mass is 9.89. The van der Waals surface area contributed by atoms with E-state index in [0.29, 0.717) is 44.3 Å². The first-order valence-corrected chi connectivity index (χ1v) is 14.8. The van der Waals surface area contributed by atoms with Gasteiger partial charge in [0, 0.05) is 37.2 Å². The second-order valence-electron chi connectivity index (χ2n) is 10.1. The number of likely N-dealkylation sites (tertiary alicyclic amines) is 1.